The molecule has 17 heavy (non-hydrogen) atoms. The first-order chi connectivity index (χ1) is 8.18. The zero-order chi connectivity index (χ0) is 12.1. The zero-order valence-electron chi connectivity index (χ0n) is 10.9. The van der Waals surface area contributed by atoms with E-state index in [0.717, 1.165) is 39.1 Å². The Morgan fingerprint density at radius 2 is 2.12 bits per heavy atom. The maximum Gasteiger partial charge on any atom is 0.0787 e. The molecular weight excluding hydrogens is 216 g/mol. The fraction of sp³-hybridized carbons (Fsp3) is 1.00. The Morgan fingerprint density at radius 1 is 1.24 bits per heavy atom. The number of morpholine rings is 1. The predicted octanol–water partition coefficient (Wildman–Crippen LogP) is 0.648. The van der Waals surface area contributed by atoms with Crippen molar-refractivity contribution in [3.63, 3.8) is 0 Å². The smallest absolute Gasteiger partial charge is 0.0787 e. The van der Waals surface area contributed by atoms with Gasteiger partial charge < -0.3 is 20.5 Å². The monoisotopic (exact) mass is 242 g/mol. The molecule has 0 bridgehead atoms. The minimum Gasteiger partial charge on any atom is -0.388 e. The van der Waals surface area contributed by atoms with Crippen LogP contribution in [0.1, 0.15) is 39.0 Å². The highest BCUT2D eigenvalue weighted by molar-refractivity contribution is 4.92. The van der Waals surface area contributed by atoms with Gasteiger partial charge in [-0.1, -0.05) is 12.8 Å². The van der Waals surface area contributed by atoms with Gasteiger partial charge in [0.15, 0.2) is 0 Å². The van der Waals surface area contributed by atoms with Crippen molar-refractivity contribution in [1.29, 1.82) is 0 Å². The number of ether oxygens (including phenoxy) is 1. The molecule has 2 aliphatic heterocycles. The molecule has 4 heteroatoms. The zero-order valence-corrected chi connectivity index (χ0v) is 10.9. The maximum absolute atomic E-state index is 10.7. The standard InChI is InChI=1S/C13H26N2O2/c1-13(16,9-11-10-17-8-7-14-11)12-5-3-2-4-6-15-12/h11-12,14-16H,2-10H2,1H3. The Bertz CT molecular complexity index is 219. The molecule has 0 aromatic carbocycles. The number of hydrogen-bond donors (Lipinski definition) is 3. The summed E-state index contributed by atoms with van der Waals surface area (Å²) in [6.45, 7) is 5.42. The van der Waals surface area contributed by atoms with Crippen LogP contribution in [0.3, 0.4) is 0 Å². The fourth-order valence-corrected chi connectivity index (χ4v) is 2.95. The third-order valence-electron chi connectivity index (χ3n) is 3.97. The molecule has 3 unspecified atom stereocenters. The lowest BCUT2D eigenvalue weighted by Gasteiger charge is -2.37. The van der Waals surface area contributed by atoms with E-state index in [1.807, 2.05) is 6.92 Å². The van der Waals surface area contributed by atoms with Crippen LogP contribution in [-0.2, 0) is 4.74 Å². The normalized spacial score (nSPS) is 34.9. The third-order valence-corrected chi connectivity index (χ3v) is 3.97. The predicted molar refractivity (Wildman–Crippen MR) is 68.1 cm³/mol. The summed E-state index contributed by atoms with van der Waals surface area (Å²) in [5.41, 5.74) is -0.636. The SMILES string of the molecule is CC(O)(CC1COCCN1)C1CCCCCN1. The highest BCUT2D eigenvalue weighted by atomic mass is 16.5. The Labute approximate surface area is 104 Å². The molecule has 0 aliphatic carbocycles. The van der Waals surface area contributed by atoms with E-state index in [0.29, 0.717) is 6.04 Å². The van der Waals surface area contributed by atoms with Gasteiger partial charge in [0, 0.05) is 18.6 Å². The third kappa shape index (κ3) is 3.91. The molecule has 0 radical (unpaired) electrons. The van der Waals surface area contributed by atoms with Crippen molar-refractivity contribution >= 4 is 0 Å². The summed E-state index contributed by atoms with van der Waals surface area (Å²) < 4.78 is 5.45. The molecule has 2 fully saturated rings. The minimum atomic E-state index is -0.636. The van der Waals surface area contributed by atoms with Crippen molar-refractivity contribution < 1.29 is 9.84 Å². The summed E-state index contributed by atoms with van der Waals surface area (Å²) >= 11 is 0. The van der Waals surface area contributed by atoms with E-state index in [9.17, 15) is 5.11 Å². The molecule has 0 spiro atoms. The van der Waals surface area contributed by atoms with Crippen LogP contribution in [0.2, 0.25) is 0 Å². The molecule has 2 saturated heterocycles. The molecular formula is C13H26N2O2. The Balaban J connectivity index is 1.86. The van der Waals surface area contributed by atoms with Crippen LogP contribution in [0.25, 0.3) is 0 Å². The molecule has 0 amide bonds. The Kier molecular flexibility index (Phi) is 4.79. The highest BCUT2D eigenvalue weighted by Gasteiger charge is 2.34. The molecule has 0 aromatic heterocycles. The van der Waals surface area contributed by atoms with Crippen LogP contribution < -0.4 is 10.6 Å². The van der Waals surface area contributed by atoms with Crippen LogP contribution in [0.15, 0.2) is 0 Å². The van der Waals surface area contributed by atoms with Gasteiger partial charge in [0.05, 0.1) is 18.8 Å². The topological polar surface area (TPSA) is 53.5 Å². The lowest BCUT2D eigenvalue weighted by molar-refractivity contribution is -0.0200. The summed E-state index contributed by atoms with van der Waals surface area (Å²) in [6, 6.07) is 0.525. The van der Waals surface area contributed by atoms with E-state index in [4.69, 9.17) is 4.74 Å². The summed E-state index contributed by atoms with van der Waals surface area (Å²) in [6.07, 6.45) is 5.59. The van der Waals surface area contributed by atoms with E-state index >= 15 is 0 Å². The number of nitrogens with one attached hydrogen (secondary N) is 2. The molecule has 3 atom stereocenters. The first-order valence-electron chi connectivity index (χ1n) is 6.95. The van der Waals surface area contributed by atoms with Gasteiger partial charge >= 0.3 is 0 Å². The van der Waals surface area contributed by atoms with E-state index in [1.54, 1.807) is 0 Å². The lowest BCUT2D eigenvalue weighted by atomic mass is 9.86. The van der Waals surface area contributed by atoms with Crippen molar-refractivity contribution in [1.82, 2.24) is 10.6 Å². The molecule has 0 saturated carbocycles. The van der Waals surface area contributed by atoms with Crippen LogP contribution >= 0.6 is 0 Å². The average molecular weight is 242 g/mol. The van der Waals surface area contributed by atoms with Crippen LogP contribution in [0.4, 0.5) is 0 Å². The summed E-state index contributed by atoms with van der Waals surface area (Å²) in [7, 11) is 0. The van der Waals surface area contributed by atoms with Crippen LogP contribution in [0.5, 0.6) is 0 Å². The first-order valence-corrected chi connectivity index (χ1v) is 6.95. The van der Waals surface area contributed by atoms with E-state index in [2.05, 4.69) is 10.6 Å². The number of hydrogen-bond acceptors (Lipinski definition) is 4. The molecule has 100 valence electrons. The van der Waals surface area contributed by atoms with E-state index in [-0.39, 0.29) is 6.04 Å². The van der Waals surface area contributed by atoms with Crippen molar-refractivity contribution in [3.05, 3.63) is 0 Å². The van der Waals surface area contributed by atoms with E-state index in [1.165, 1.54) is 19.3 Å². The van der Waals surface area contributed by atoms with Gasteiger partial charge in [-0.15, -0.1) is 0 Å². The summed E-state index contributed by atoms with van der Waals surface area (Å²) in [4.78, 5) is 0. The average Bonchev–Trinajstić information content (AvgIpc) is 2.58. The van der Waals surface area contributed by atoms with Gasteiger partial charge in [-0.05, 0) is 32.7 Å². The van der Waals surface area contributed by atoms with Gasteiger partial charge in [-0.25, -0.2) is 0 Å². The van der Waals surface area contributed by atoms with Gasteiger partial charge in [0.1, 0.15) is 0 Å². The molecule has 3 N–H and O–H groups in total. The second kappa shape index (κ2) is 6.14. The quantitative estimate of drug-likeness (QED) is 0.680. The second-order valence-corrected chi connectivity index (χ2v) is 5.64. The van der Waals surface area contributed by atoms with Crippen molar-refractivity contribution in [2.75, 3.05) is 26.3 Å². The minimum absolute atomic E-state index is 0.230. The van der Waals surface area contributed by atoms with Crippen LogP contribution in [-0.4, -0.2) is 49.1 Å². The lowest BCUT2D eigenvalue weighted by Crippen LogP contribution is -2.54. The maximum atomic E-state index is 10.7. The van der Waals surface area contributed by atoms with Gasteiger partial charge in [0.25, 0.3) is 0 Å². The van der Waals surface area contributed by atoms with Crippen LogP contribution in [0, 0.1) is 0 Å². The van der Waals surface area contributed by atoms with Gasteiger partial charge in [-0.2, -0.15) is 0 Å². The van der Waals surface area contributed by atoms with E-state index < -0.39 is 5.60 Å². The molecule has 0 aromatic rings. The molecule has 2 aliphatic rings. The summed E-state index contributed by atoms with van der Waals surface area (Å²) in [5.74, 6) is 0. The number of aliphatic hydroxyl groups is 1. The van der Waals surface area contributed by atoms with Gasteiger partial charge in [-0.3, -0.25) is 0 Å². The second-order valence-electron chi connectivity index (χ2n) is 5.64. The Morgan fingerprint density at radius 3 is 2.88 bits per heavy atom. The van der Waals surface area contributed by atoms with Crippen molar-refractivity contribution in [2.24, 2.45) is 0 Å². The van der Waals surface area contributed by atoms with Crippen molar-refractivity contribution in [2.45, 2.75) is 56.7 Å². The molecule has 4 nitrogen and oxygen atoms in total. The largest absolute Gasteiger partial charge is 0.388 e. The molecule has 2 heterocycles. The fourth-order valence-electron chi connectivity index (χ4n) is 2.95. The Hall–Kier alpha value is -0.160. The molecule has 2 rings (SSSR count). The van der Waals surface area contributed by atoms with Gasteiger partial charge in [0.2, 0.25) is 0 Å². The first kappa shape index (κ1) is 13.3. The summed E-state index contributed by atoms with van der Waals surface area (Å²) in [5, 5.41) is 17.6. The highest BCUT2D eigenvalue weighted by Crippen LogP contribution is 2.24. The number of rotatable bonds is 3. The van der Waals surface area contributed by atoms with Crippen molar-refractivity contribution in [3.8, 4) is 0 Å².